The molecule has 1 nitrogen and oxygen atoms in total. The van der Waals surface area contributed by atoms with Crippen LogP contribution >= 0.6 is 0 Å². The Balaban J connectivity index is 3.62. The first-order valence-corrected chi connectivity index (χ1v) is 6.27. The highest BCUT2D eigenvalue weighted by molar-refractivity contribution is 4.90. The molecule has 1 unspecified atom stereocenters. The summed E-state index contributed by atoms with van der Waals surface area (Å²) in [6.07, 6.45) is 15.7. The maximum Gasteiger partial charge on any atom is 0.0493 e. The molecule has 0 radical (unpaired) electrons. The summed E-state index contributed by atoms with van der Waals surface area (Å²) in [7, 11) is 0. The monoisotopic (exact) mass is 210 g/mol. The van der Waals surface area contributed by atoms with Gasteiger partial charge in [-0.25, -0.2) is 0 Å². The molecule has 0 aromatic carbocycles. The van der Waals surface area contributed by atoms with Gasteiger partial charge in [0, 0.05) is 12.5 Å². The van der Waals surface area contributed by atoms with Crippen LogP contribution in [0.5, 0.6) is 0 Å². The highest BCUT2D eigenvalue weighted by atomic mass is 16.3. The van der Waals surface area contributed by atoms with Gasteiger partial charge in [-0.1, -0.05) is 51.0 Å². The summed E-state index contributed by atoms with van der Waals surface area (Å²) in [5.74, 6) is 0.350. The van der Waals surface area contributed by atoms with E-state index in [0.717, 1.165) is 25.7 Å². The Morgan fingerprint density at radius 2 is 1.87 bits per heavy atom. The first-order valence-electron chi connectivity index (χ1n) is 6.27. The maximum atomic E-state index is 9.16. The fraction of sp³-hybridized carbons (Fsp3) is 0.714. The largest absolute Gasteiger partial charge is 0.396 e. The lowest BCUT2D eigenvalue weighted by molar-refractivity contribution is 0.246. The average molecular weight is 210 g/mol. The number of aliphatic hydroxyl groups excluding tert-OH is 1. The Morgan fingerprint density at radius 3 is 2.47 bits per heavy atom. The minimum atomic E-state index is 0.280. The molecule has 0 aliphatic carbocycles. The zero-order valence-electron chi connectivity index (χ0n) is 10.3. The SMILES string of the molecule is CC/C=C\CCC(/C=C\CCCC)CO. The second kappa shape index (κ2) is 11.5. The van der Waals surface area contributed by atoms with Crippen molar-refractivity contribution >= 4 is 0 Å². The van der Waals surface area contributed by atoms with Crippen LogP contribution < -0.4 is 0 Å². The van der Waals surface area contributed by atoms with Crippen LogP contribution in [0.3, 0.4) is 0 Å². The molecule has 1 N–H and O–H groups in total. The van der Waals surface area contributed by atoms with E-state index in [1.807, 2.05) is 0 Å². The van der Waals surface area contributed by atoms with Crippen molar-refractivity contribution in [2.75, 3.05) is 6.61 Å². The summed E-state index contributed by atoms with van der Waals surface area (Å²) in [4.78, 5) is 0. The van der Waals surface area contributed by atoms with Crippen molar-refractivity contribution in [2.45, 2.75) is 52.4 Å². The van der Waals surface area contributed by atoms with Gasteiger partial charge in [0.2, 0.25) is 0 Å². The van der Waals surface area contributed by atoms with E-state index in [9.17, 15) is 0 Å². The number of aliphatic hydroxyl groups is 1. The van der Waals surface area contributed by atoms with Gasteiger partial charge < -0.3 is 5.11 Å². The molecule has 0 spiro atoms. The molecule has 0 aliphatic heterocycles. The third kappa shape index (κ3) is 9.74. The van der Waals surface area contributed by atoms with E-state index >= 15 is 0 Å². The van der Waals surface area contributed by atoms with Crippen LogP contribution in [0.15, 0.2) is 24.3 Å². The molecule has 1 atom stereocenters. The number of unbranched alkanes of at least 4 members (excludes halogenated alkanes) is 2. The van der Waals surface area contributed by atoms with Crippen molar-refractivity contribution in [3.8, 4) is 0 Å². The van der Waals surface area contributed by atoms with E-state index < -0.39 is 0 Å². The second-order valence-electron chi connectivity index (χ2n) is 3.97. The Labute approximate surface area is 94.9 Å². The number of hydrogen-bond donors (Lipinski definition) is 1. The van der Waals surface area contributed by atoms with E-state index in [-0.39, 0.29) is 6.61 Å². The number of rotatable bonds is 9. The summed E-state index contributed by atoms with van der Waals surface area (Å²) < 4.78 is 0. The van der Waals surface area contributed by atoms with Gasteiger partial charge in [0.25, 0.3) is 0 Å². The molecule has 0 heterocycles. The first-order chi connectivity index (χ1) is 7.35. The van der Waals surface area contributed by atoms with Crippen LogP contribution in [0.1, 0.15) is 52.4 Å². The molecule has 0 aliphatic rings. The van der Waals surface area contributed by atoms with Gasteiger partial charge in [-0.2, -0.15) is 0 Å². The molecule has 0 saturated heterocycles. The zero-order valence-corrected chi connectivity index (χ0v) is 10.3. The van der Waals surface area contributed by atoms with E-state index in [1.54, 1.807) is 0 Å². The predicted octanol–water partition coefficient (Wildman–Crippen LogP) is 4.09. The molecule has 0 aromatic heterocycles. The normalized spacial score (nSPS) is 14.1. The van der Waals surface area contributed by atoms with Crippen LogP contribution in [0, 0.1) is 5.92 Å². The van der Waals surface area contributed by atoms with Crippen LogP contribution in [0.2, 0.25) is 0 Å². The Kier molecular flexibility index (Phi) is 11.1. The van der Waals surface area contributed by atoms with Gasteiger partial charge in [-0.05, 0) is 25.7 Å². The molecule has 88 valence electrons. The van der Waals surface area contributed by atoms with Gasteiger partial charge in [-0.3, -0.25) is 0 Å². The highest BCUT2D eigenvalue weighted by Gasteiger charge is 2.00. The third-order valence-corrected chi connectivity index (χ3v) is 2.47. The molecule has 0 rings (SSSR count). The molecular formula is C14H26O. The summed E-state index contributed by atoms with van der Waals surface area (Å²) >= 11 is 0. The van der Waals surface area contributed by atoms with E-state index in [2.05, 4.69) is 38.2 Å². The van der Waals surface area contributed by atoms with E-state index in [4.69, 9.17) is 5.11 Å². The van der Waals surface area contributed by atoms with Crippen LogP contribution in [0.4, 0.5) is 0 Å². The fourth-order valence-corrected chi connectivity index (χ4v) is 1.45. The minimum Gasteiger partial charge on any atom is -0.396 e. The molecular weight excluding hydrogens is 184 g/mol. The molecule has 0 saturated carbocycles. The third-order valence-electron chi connectivity index (χ3n) is 2.47. The lowest BCUT2D eigenvalue weighted by Crippen LogP contribution is -2.01. The molecule has 15 heavy (non-hydrogen) atoms. The highest BCUT2D eigenvalue weighted by Crippen LogP contribution is 2.09. The van der Waals surface area contributed by atoms with Gasteiger partial charge in [-0.15, -0.1) is 0 Å². The summed E-state index contributed by atoms with van der Waals surface area (Å²) in [6, 6.07) is 0. The van der Waals surface area contributed by atoms with Crippen molar-refractivity contribution in [1.29, 1.82) is 0 Å². The Bertz CT molecular complexity index is 170. The van der Waals surface area contributed by atoms with Crippen LogP contribution in [-0.2, 0) is 0 Å². The van der Waals surface area contributed by atoms with Crippen molar-refractivity contribution in [3.05, 3.63) is 24.3 Å². The van der Waals surface area contributed by atoms with E-state index in [1.165, 1.54) is 12.8 Å². The maximum absolute atomic E-state index is 9.16. The van der Waals surface area contributed by atoms with E-state index in [0.29, 0.717) is 5.92 Å². The molecule has 1 heteroatoms. The zero-order chi connectivity index (χ0) is 11.4. The predicted molar refractivity (Wildman–Crippen MR) is 67.9 cm³/mol. The lowest BCUT2D eigenvalue weighted by atomic mass is 10.0. The van der Waals surface area contributed by atoms with Gasteiger partial charge >= 0.3 is 0 Å². The van der Waals surface area contributed by atoms with Gasteiger partial charge in [0.1, 0.15) is 0 Å². The van der Waals surface area contributed by atoms with Gasteiger partial charge in [0.05, 0.1) is 0 Å². The molecule has 0 aromatic rings. The van der Waals surface area contributed by atoms with Crippen molar-refractivity contribution in [1.82, 2.24) is 0 Å². The molecule has 0 amide bonds. The standard InChI is InChI=1S/C14H26O/c1-3-5-7-9-11-14(13-15)12-10-8-6-4-2/h5,7,10,12,14-15H,3-4,6,8-9,11,13H2,1-2H3/b7-5-,12-10-. The average Bonchev–Trinajstić information content (AvgIpc) is 2.27. The Hall–Kier alpha value is -0.560. The summed E-state index contributed by atoms with van der Waals surface area (Å²) in [6.45, 7) is 4.63. The molecule has 0 fully saturated rings. The lowest BCUT2D eigenvalue weighted by Gasteiger charge is -2.06. The summed E-state index contributed by atoms with van der Waals surface area (Å²) in [5, 5.41) is 9.16. The minimum absolute atomic E-state index is 0.280. The Morgan fingerprint density at radius 1 is 1.07 bits per heavy atom. The smallest absolute Gasteiger partial charge is 0.0493 e. The van der Waals surface area contributed by atoms with Crippen LogP contribution in [0.25, 0.3) is 0 Å². The summed E-state index contributed by atoms with van der Waals surface area (Å²) in [5.41, 5.74) is 0. The van der Waals surface area contributed by atoms with Crippen molar-refractivity contribution in [2.24, 2.45) is 5.92 Å². The number of allylic oxidation sites excluding steroid dienone is 3. The van der Waals surface area contributed by atoms with Crippen LogP contribution in [-0.4, -0.2) is 11.7 Å². The van der Waals surface area contributed by atoms with Gasteiger partial charge in [0.15, 0.2) is 0 Å². The topological polar surface area (TPSA) is 20.2 Å². The quantitative estimate of drug-likeness (QED) is 0.449. The second-order valence-corrected chi connectivity index (χ2v) is 3.97. The number of hydrogen-bond acceptors (Lipinski definition) is 1. The first kappa shape index (κ1) is 14.4. The van der Waals surface area contributed by atoms with Crippen molar-refractivity contribution < 1.29 is 5.11 Å². The van der Waals surface area contributed by atoms with Crippen molar-refractivity contribution in [3.63, 3.8) is 0 Å². The molecule has 0 bridgehead atoms. The fourth-order valence-electron chi connectivity index (χ4n) is 1.45.